The minimum Gasteiger partial charge on any atom is -0.481 e. The third-order valence-corrected chi connectivity index (χ3v) is 3.19. The summed E-state index contributed by atoms with van der Waals surface area (Å²) in [4.78, 5) is 11.0. The lowest BCUT2D eigenvalue weighted by atomic mass is 10.1. The van der Waals surface area contributed by atoms with E-state index >= 15 is 0 Å². The maximum Gasteiger partial charge on any atom is 0.309 e. The number of aliphatic carboxylic acids is 1. The Balaban J connectivity index is 2.22. The van der Waals surface area contributed by atoms with Crippen molar-refractivity contribution in [3.63, 3.8) is 0 Å². The van der Waals surface area contributed by atoms with Gasteiger partial charge in [-0.1, -0.05) is 47.7 Å². The van der Waals surface area contributed by atoms with E-state index in [2.05, 4.69) is 10.3 Å². The van der Waals surface area contributed by atoms with Gasteiger partial charge in [-0.25, -0.2) is 9.07 Å². The molecule has 0 spiro atoms. The topological polar surface area (TPSA) is 68.0 Å². The second-order valence-electron chi connectivity index (χ2n) is 4.68. The number of halogens is 1. The number of hydrogen-bond acceptors (Lipinski definition) is 3. The minimum absolute atomic E-state index is 0.227. The molecule has 0 saturated heterocycles. The molecule has 1 N–H and O–H groups in total. The zero-order chi connectivity index (χ0) is 15.5. The molecule has 0 radical (unpaired) electrons. The highest BCUT2D eigenvalue weighted by Gasteiger charge is 2.19. The van der Waals surface area contributed by atoms with Crippen molar-refractivity contribution in [1.29, 1.82) is 0 Å². The Morgan fingerprint density at radius 1 is 1.09 bits per heavy atom. The summed E-state index contributed by atoms with van der Waals surface area (Å²) in [6.07, 6.45) is -0.279. The number of carboxylic acid groups (broad SMARTS) is 1. The summed E-state index contributed by atoms with van der Waals surface area (Å²) < 4.78 is 15.4. The van der Waals surface area contributed by atoms with E-state index in [-0.39, 0.29) is 12.1 Å². The van der Waals surface area contributed by atoms with Crippen LogP contribution in [0.25, 0.3) is 16.9 Å². The summed E-state index contributed by atoms with van der Waals surface area (Å²) in [6, 6.07) is 15.3. The Labute approximate surface area is 125 Å². The van der Waals surface area contributed by atoms with Gasteiger partial charge in [0.25, 0.3) is 0 Å². The number of carbonyl (C=O) groups is 1. The van der Waals surface area contributed by atoms with E-state index in [1.54, 1.807) is 30.3 Å². The molecule has 0 aliphatic carbocycles. The standard InChI is InChI=1S/C16H12FN3O2/c17-12-8-4-5-9-14(12)20-16(11-6-2-1-3-7-11)13(18-19-20)10-15(21)22/h1-9H,10H2,(H,21,22). The minimum atomic E-state index is -1.02. The van der Waals surface area contributed by atoms with Crippen LogP contribution in [-0.2, 0) is 11.2 Å². The smallest absolute Gasteiger partial charge is 0.309 e. The maximum atomic E-state index is 14.0. The molecule has 0 atom stereocenters. The highest BCUT2D eigenvalue weighted by molar-refractivity contribution is 5.74. The number of para-hydroxylation sites is 1. The highest BCUT2D eigenvalue weighted by Crippen LogP contribution is 2.26. The fourth-order valence-corrected chi connectivity index (χ4v) is 2.25. The van der Waals surface area contributed by atoms with Gasteiger partial charge in [-0.15, -0.1) is 5.10 Å². The van der Waals surface area contributed by atoms with Gasteiger partial charge in [0.15, 0.2) is 0 Å². The van der Waals surface area contributed by atoms with Crippen molar-refractivity contribution >= 4 is 5.97 Å². The van der Waals surface area contributed by atoms with Gasteiger partial charge in [0.1, 0.15) is 17.2 Å². The Morgan fingerprint density at radius 2 is 1.77 bits per heavy atom. The number of hydrogen-bond donors (Lipinski definition) is 1. The third kappa shape index (κ3) is 2.58. The highest BCUT2D eigenvalue weighted by atomic mass is 19.1. The average Bonchev–Trinajstić information content (AvgIpc) is 2.91. The van der Waals surface area contributed by atoms with Crippen LogP contribution < -0.4 is 0 Å². The Hall–Kier alpha value is -3.02. The van der Waals surface area contributed by atoms with E-state index in [1.165, 1.54) is 10.7 Å². The van der Waals surface area contributed by atoms with Crippen LogP contribution in [0.2, 0.25) is 0 Å². The Kier molecular flexibility index (Phi) is 3.65. The fraction of sp³-hybridized carbons (Fsp3) is 0.0625. The number of benzene rings is 2. The van der Waals surface area contributed by atoms with E-state index < -0.39 is 11.8 Å². The van der Waals surface area contributed by atoms with E-state index in [4.69, 9.17) is 5.11 Å². The summed E-state index contributed by atoms with van der Waals surface area (Å²) in [6.45, 7) is 0. The molecule has 22 heavy (non-hydrogen) atoms. The Morgan fingerprint density at radius 3 is 2.45 bits per heavy atom. The molecular formula is C16H12FN3O2. The van der Waals surface area contributed by atoms with Crippen molar-refractivity contribution in [2.24, 2.45) is 0 Å². The first-order valence-electron chi connectivity index (χ1n) is 6.63. The van der Waals surface area contributed by atoms with Crippen molar-refractivity contribution in [2.45, 2.75) is 6.42 Å². The number of carboxylic acids is 1. The van der Waals surface area contributed by atoms with Crippen LogP contribution in [0, 0.1) is 5.82 Å². The molecule has 0 aliphatic heterocycles. The summed E-state index contributed by atoms with van der Waals surface area (Å²) in [5.41, 5.74) is 1.73. The van der Waals surface area contributed by atoms with Crippen LogP contribution in [-0.4, -0.2) is 26.1 Å². The van der Waals surface area contributed by atoms with Crippen molar-refractivity contribution in [3.05, 3.63) is 66.1 Å². The maximum absolute atomic E-state index is 14.0. The summed E-state index contributed by atoms with van der Waals surface area (Å²) >= 11 is 0. The lowest BCUT2D eigenvalue weighted by Gasteiger charge is -2.08. The molecule has 5 nitrogen and oxygen atoms in total. The van der Waals surface area contributed by atoms with Gasteiger partial charge in [0.2, 0.25) is 0 Å². The molecule has 3 aromatic rings. The van der Waals surface area contributed by atoms with Gasteiger partial charge in [0.05, 0.1) is 12.1 Å². The zero-order valence-electron chi connectivity index (χ0n) is 11.5. The van der Waals surface area contributed by atoms with Gasteiger partial charge in [-0.2, -0.15) is 0 Å². The molecule has 3 rings (SSSR count). The monoisotopic (exact) mass is 297 g/mol. The van der Waals surface area contributed by atoms with E-state index in [1.807, 2.05) is 18.2 Å². The fourth-order valence-electron chi connectivity index (χ4n) is 2.25. The van der Waals surface area contributed by atoms with Crippen LogP contribution in [0.15, 0.2) is 54.6 Å². The number of nitrogens with zero attached hydrogens (tertiary/aromatic N) is 3. The van der Waals surface area contributed by atoms with Gasteiger partial charge >= 0.3 is 5.97 Å². The normalized spacial score (nSPS) is 10.6. The summed E-state index contributed by atoms with van der Waals surface area (Å²) in [5.74, 6) is -1.47. The molecule has 6 heteroatoms. The predicted octanol–water partition coefficient (Wildman–Crippen LogP) is 2.70. The van der Waals surface area contributed by atoms with Crippen LogP contribution in [0.5, 0.6) is 0 Å². The lowest BCUT2D eigenvalue weighted by Crippen LogP contribution is -2.05. The van der Waals surface area contributed by atoms with Crippen molar-refractivity contribution in [3.8, 4) is 16.9 Å². The first kappa shape index (κ1) is 13.9. The van der Waals surface area contributed by atoms with Crippen molar-refractivity contribution in [2.75, 3.05) is 0 Å². The van der Waals surface area contributed by atoms with E-state index in [9.17, 15) is 9.18 Å². The largest absolute Gasteiger partial charge is 0.481 e. The average molecular weight is 297 g/mol. The third-order valence-electron chi connectivity index (χ3n) is 3.19. The first-order valence-corrected chi connectivity index (χ1v) is 6.63. The molecule has 1 aromatic heterocycles. The number of aromatic nitrogens is 3. The molecule has 0 fully saturated rings. The van der Waals surface area contributed by atoms with Crippen molar-refractivity contribution < 1.29 is 14.3 Å². The van der Waals surface area contributed by atoms with Gasteiger partial charge in [-0.3, -0.25) is 4.79 Å². The van der Waals surface area contributed by atoms with Gasteiger partial charge in [0, 0.05) is 5.56 Å². The molecule has 0 aliphatic rings. The SMILES string of the molecule is O=C(O)Cc1nnn(-c2ccccc2F)c1-c1ccccc1. The van der Waals surface area contributed by atoms with Crippen LogP contribution in [0.3, 0.4) is 0 Å². The van der Waals surface area contributed by atoms with Crippen LogP contribution >= 0.6 is 0 Å². The first-order chi connectivity index (χ1) is 10.7. The Bertz CT molecular complexity index is 815. The second kappa shape index (κ2) is 5.77. The molecular weight excluding hydrogens is 285 g/mol. The van der Waals surface area contributed by atoms with Gasteiger partial charge < -0.3 is 5.11 Å². The molecule has 2 aromatic carbocycles. The molecule has 1 heterocycles. The van der Waals surface area contributed by atoms with Crippen molar-refractivity contribution in [1.82, 2.24) is 15.0 Å². The van der Waals surface area contributed by atoms with E-state index in [0.29, 0.717) is 11.4 Å². The lowest BCUT2D eigenvalue weighted by molar-refractivity contribution is -0.136. The quantitative estimate of drug-likeness (QED) is 0.804. The number of rotatable bonds is 4. The molecule has 0 amide bonds. The summed E-state index contributed by atoms with van der Waals surface area (Å²) in [5, 5.41) is 16.9. The molecule has 0 unspecified atom stereocenters. The van der Waals surface area contributed by atoms with Crippen LogP contribution in [0.4, 0.5) is 4.39 Å². The zero-order valence-corrected chi connectivity index (χ0v) is 11.5. The van der Waals surface area contributed by atoms with E-state index in [0.717, 1.165) is 5.56 Å². The molecule has 0 bridgehead atoms. The summed E-state index contributed by atoms with van der Waals surface area (Å²) in [7, 11) is 0. The molecule has 110 valence electrons. The predicted molar refractivity (Wildman–Crippen MR) is 78.1 cm³/mol. The second-order valence-corrected chi connectivity index (χ2v) is 4.68. The van der Waals surface area contributed by atoms with Gasteiger partial charge in [-0.05, 0) is 12.1 Å². The molecule has 0 saturated carbocycles. The van der Waals surface area contributed by atoms with Crippen LogP contribution in [0.1, 0.15) is 5.69 Å².